The molecule has 0 aromatic rings. The zero-order valence-electron chi connectivity index (χ0n) is 7.06. The van der Waals surface area contributed by atoms with Crippen molar-refractivity contribution in [3.05, 3.63) is 46.1 Å². The van der Waals surface area contributed by atoms with Crippen LogP contribution in [0.25, 0.3) is 0 Å². The van der Waals surface area contributed by atoms with Gasteiger partial charge in [0.1, 0.15) is 0 Å². The second-order valence-electron chi connectivity index (χ2n) is 2.64. The van der Waals surface area contributed by atoms with Gasteiger partial charge in [-0.3, -0.25) is 10.1 Å². The van der Waals surface area contributed by atoms with Gasteiger partial charge < -0.3 is 11.1 Å². The van der Waals surface area contributed by atoms with Crippen molar-refractivity contribution in [2.75, 3.05) is 0 Å². The monoisotopic (exact) mass is 181 g/mol. The van der Waals surface area contributed by atoms with Gasteiger partial charge in [0.2, 0.25) is 0 Å². The van der Waals surface area contributed by atoms with E-state index in [2.05, 4.69) is 5.32 Å². The lowest BCUT2D eigenvalue weighted by Gasteiger charge is -2.09. The molecule has 0 saturated heterocycles. The Kier molecular flexibility index (Phi) is 3.08. The molecule has 0 spiro atoms. The van der Waals surface area contributed by atoms with Crippen LogP contribution in [0.3, 0.4) is 0 Å². The van der Waals surface area contributed by atoms with E-state index in [4.69, 9.17) is 5.73 Å². The Morgan fingerprint density at radius 3 is 3.00 bits per heavy atom. The van der Waals surface area contributed by atoms with Crippen molar-refractivity contribution in [3.8, 4) is 0 Å². The number of nitrogens with zero attached hydrogens (tertiary/aromatic N) is 1. The Morgan fingerprint density at radius 1 is 1.69 bits per heavy atom. The Labute approximate surface area is 75.8 Å². The molecule has 70 valence electrons. The zero-order chi connectivity index (χ0) is 9.68. The summed E-state index contributed by atoms with van der Waals surface area (Å²) in [4.78, 5) is 9.45. The lowest BCUT2D eigenvalue weighted by molar-refractivity contribution is -0.403. The highest BCUT2D eigenvalue weighted by molar-refractivity contribution is 5.16. The summed E-state index contributed by atoms with van der Waals surface area (Å²) in [5.41, 5.74) is 6.25. The molecule has 0 aromatic carbocycles. The Bertz CT molecular complexity index is 292. The van der Waals surface area contributed by atoms with Crippen molar-refractivity contribution >= 4 is 0 Å². The fraction of sp³-hybridized carbons (Fsp3) is 0.250. The van der Waals surface area contributed by atoms with Gasteiger partial charge in [0.15, 0.2) is 5.82 Å². The molecule has 0 unspecified atom stereocenters. The van der Waals surface area contributed by atoms with E-state index in [0.717, 1.165) is 24.7 Å². The standard InChI is InChI=1S/C8H11N3O2/c9-8(6-11(12)13)10-7-4-2-1-3-5-7/h1-2,5-6,10H,3-4,9H2. The summed E-state index contributed by atoms with van der Waals surface area (Å²) in [5, 5.41) is 12.8. The van der Waals surface area contributed by atoms with Crippen LogP contribution in [0.2, 0.25) is 0 Å². The Balaban J connectivity index is 2.49. The molecule has 3 N–H and O–H groups in total. The average molecular weight is 181 g/mol. The summed E-state index contributed by atoms with van der Waals surface area (Å²) in [7, 11) is 0. The van der Waals surface area contributed by atoms with E-state index in [1.54, 1.807) is 0 Å². The minimum absolute atomic E-state index is 0.0616. The quantitative estimate of drug-likeness (QED) is 0.384. The maximum Gasteiger partial charge on any atom is 0.274 e. The maximum atomic E-state index is 10.0. The molecular weight excluding hydrogens is 170 g/mol. The largest absolute Gasteiger partial charge is 0.380 e. The third-order valence-electron chi connectivity index (χ3n) is 1.55. The number of nitro groups is 1. The van der Waals surface area contributed by atoms with E-state index >= 15 is 0 Å². The van der Waals surface area contributed by atoms with Gasteiger partial charge in [-0.15, -0.1) is 0 Å². The highest BCUT2D eigenvalue weighted by Gasteiger charge is 2.01. The van der Waals surface area contributed by atoms with Gasteiger partial charge in [-0.1, -0.05) is 18.2 Å². The zero-order valence-corrected chi connectivity index (χ0v) is 7.06. The summed E-state index contributed by atoms with van der Waals surface area (Å²) < 4.78 is 0. The van der Waals surface area contributed by atoms with Crippen LogP contribution in [-0.4, -0.2) is 4.92 Å². The minimum atomic E-state index is -0.582. The second kappa shape index (κ2) is 4.30. The van der Waals surface area contributed by atoms with Gasteiger partial charge in [0.25, 0.3) is 6.20 Å². The van der Waals surface area contributed by atoms with E-state index < -0.39 is 4.92 Å². The van der Waals surface area contributed by atoms with Gasteiger partial charge in [0, 0.05) is 12.1 Å². The van der Waals surface area contributed by atoms with Crippen LogP contribution in [0.1, 0.15) is 12.8 Å². The average Bonchev–Trinajstić information content (AvgIpc) is 2.04. The molecule has 0 aromatic heterocycles. The van der Waals surface area contributed by atoms with E-state index in [1.165, 1.54) is 0 Å². The van der Waals surface area contributed by atoms with Crippen molar-refractivity contribution in [3.63, 3.8) is 0 Å². The van der Waals surface area contributed by atoms with Gasteiger partial charge in [-0.05, 0) is 6.42 Å². The lowest BCUT2D eigenvalue weighted by atomic mass is 10.1. The number of nitrogens with one attached hydrogen (secondary N) is 1. The third kappa shape index (κ3) is 3.42. The van der Waals surface area contributed by atoms with Crippen LogP contribution in [0.5, 0.6) is 0 Å². The molecule has 1 aliphatic carbocycles. The van der Waals surface area contributed by atoms with E-state index in [0.29, 0.717) is 0 Å². The van der Waals surface area contributed by atoms with Gasteiger partial charge >= 0.3 is 0 Å². The highest BCUT2D eigenvalue weighted by Crippen LogP contribution is 2.07. The number of rotatable bonds is 3. The molecule has 0 bridgehead atoms. The molecule has 0 saturated carbocycles. The first kappa shape index (κ1) is 9.31. The summed E-state index contributed by atoms with van der Waals surface area (Å²) in [6, 6.07) is 0. The number of allylic oxidation sites excluding steroid dienone is 3. The highest BCUT2D eigenvalue weighted by atomic mass is 16.6. The first-order valence-corrected chi connectivity index (χ1v) is 3.90. The van der Waals surface area contributed by atoms with E-state index in [9.17, 15) is 10.1 Å². The summed E-state index contributed by atoms with van der Waals surface area (Å²) >= 11 is 0. The first-order valence-electron chi connectivity index (χ1n) is 3.90. The molecule has 0 atom stereocenters. The molecule has 1 aliphatic rings. The van der Waals surface area contributed by atoms with Gasteiger partial charge in [-0.2, -0.15) is 0 Å². The van der Waals surface area contributed by atoms with Crippen LogP contribution < -0.4 is 11.1 Å². The van der Waals surface area contributed by atoms with Crippen molar-refractivity contribution < 1.29 is 4.92 Å². The van der Waals surface area contributed by atoms with Crippen molar-refractivity contribution in [2.45, 2.75) is 12.8 Å². The Morgan fingerprint density at radius 2 is 2.46 bits per heavy atom. The SMILES string of the molecule is NC(=C[N+](=O)[O-])NC1=CCC=CC1. The molecule has 5 heteroatoms. The predicted octanol–water partition coefficient (Wildman–Crippen LogP) is 0.844. The summed E-state index contributed by atoms with van der Waals surface area (Å²) in [5.74, 6) is 0.0616. The van der Waals surface area contributed by atoms with Crippen molar-refractivity contribution in [1.29, 1.82) is 0 Å². The van der Waals surface area contributed by atoms with E-state index in [-0.39, 0.29) is 5.82 Å². The summed E-state index contributed by atoms with van der Waals surface area (Å²) in [6.45, 7) is 0. The van der Waals surface area contributed by atoms with Crippen LogP contribution in [0.4, 0.5) is 0 Å². The third-order valence-corrected chi connectivity index (χ3v) is 1.55. The molecule has 1 rings (SSSR count). The van der Waals surface area contributed by atoms with Crippen LogP contribution >= 0.6 is 0 Å². The number of hydrogen-bond acceptors (Lipinski definition) is 4. The number of nitrogens with two attached hydrogens (primary N) is 1. The molecule has 13 heavy (non-hydrogen) atoms. The molecule has 0 heterocycles. The van der Waals surface area contributed by atoms with Crippen LogP contribution in [0.15, 0.2) is 35.9 Å². The Hall–Kier alpha value is -1.78. The predicted molar refractivity (Wildman–Crippen MR) is 48.9 cm³/mol. The molecule has 0 radical (unpaired) electrons. The smallest absolute Gasteiger partial charge is 0.274 e. The molecule has 0 fully saturated rings. The van der Waals surface area contributed by atoms with Gasteiger partial charge in [0.05, 0.1) is 4.92 Å². The minimum Gasteiger partial charge on any atom is -0.380 e. The fourth-order valence-electron chi connectivity index (χ4n) is 1.03. The maximum absolute atomic E-state index is 10.0. The normalized spacial score (nSPS) is 16.6. The summed E-state index contributed by atoms with van der Waals surface area (Å²) in [6.07, 6.45) is 8.29. The molecule has 0 aliphatic heterocycles. The molecule has 0 amide bonds. The van der Waals surface area contributed by atoms with Crippen molar-refractivity contribution in [1.82, 2.24) is 5.32 Å². The molecular formula is C8H11N3O2. The second-order valence-corrected chi connectivity index (χ2v) is 2.64. The van der Waals surface area contributed by atoms with Gasteiger partial charge in [-0.25, -0.2) is 0 Å². The van der Waals surface area contributed by atoms with E-state index in [1.807, 2.05) is 18.2 Å². The number of hydrogen-bond donors (Lipinski definition) is 2. The van der Waals surface area contributed by atoms with Crippen molar-refractivity contribution in [2.24, 2.45) is 5.73 Å². The topological polar surface area (TPSA) is 81.2 Å². The lowest BCUT2D eigenvalue weighted by Crippen LogP contribution is -2.20. The van der Waals surface area contributed by atoms with Crippen LogP contribution in [0, 0.1) is 10.1 Å². The first-order chi connectivity index (χ1) is 6.18. The fourth-order valence-corrected chi connectivity index (χ4v) is 1.03. The molecule has 5 nitrogen and oxygen atoms in total. The van der Waals surface area contributed by atoms with Crippen LogP contribution in [-0.2, 0) is 0 Å².